The fourth-order valence-electron chi connectivity index (χ4n) is 3.84. The third kappa shape index (κ3) is 6.93. The normalized spacial score (nSPS) is 15.7. The summed E-state index contributed by atoms with van der Waals surface area (Å²) >= 11 is 0. The maximum absolute atomic E-state index is 13.2. The number of fused-ring (bicyclic) bond motifs is 1. The van der Waals surface area contributed by atoms with Gasteiger partial charge < -0.3 is 20.1 Å². The van der Waals surface area contributed by atoms with Crippen molar-refractivity contribution in [1.29, 1.82) is 0 Å². The molecular formula is C24H26F3N3O5. The van der Waals surface area contributed by atoms with Gasteiger partial charge in [-0.1, -0.05) is 32.0 Å². The van der Waals surface area contributed by atoms with Gasteiger partial charge in [-0.3, -0.25) is 14.4 Å². The molecule has 0 unspecified atom stereocenters. The number of nitrogens with zero attached hydrogens (tertiary/aromatic N) is 2. The second-order valence-corrected chi connectivity index (χ2v) is 8.66. The van der Waals surface area contributed by atoms with Gasteiger partial charge in [-0.2, -0.15) is 13.2 Å². The molecule has 1 atom stereocenters. The fourth-order valence-corrected chi connectivity index (χ4v) is 3.84. The first-order valence-corrected chi connectivity index (χ1v) is 11.1. The van der Waals surface area contributed by atoms with Gasteiger partial charge in [-0.05, 0) is 29.7 Å². The molecule has 0 fully saturated rings. The first-order chi connectivity index (χ1) is 16.4. The third-order valence-corrected chi connectivity index (χ3v) is 5.35. The molecule has 11 heteroatoms. The minimum Gasteiger partial charge on any atom is -0.481 e. The number of benzene rings is 1. The summed E-state index contributed by atoms with van der Waals surface area (Å²) in [7, 11) is 0. The van der Waals surface area contributed by atoms with Crippen LogP contribution < -0.4 is 10.1 Å². The third-order valence-electron chi connectivity index (χ3n) is 5.35. The lowest BCUT2D eigenvalue weighted by molar-refractivity contribution is -0.142. The Hall–Kier alpha value is -3.63. The summed E-state index contributed by atoms with van der Waals surface area (Å²) in [5, 5.41) is 12.2. The quantitative estimate of drug-likeness (QED) is 0.442. The molecule has 0 saturated carbocycles. The number of carbonyl (C=O) groups is 3. The Labute approximate surface area is 200 Å². The predicted molar refractivity (Wildman–Crippen MR) is 120 cm³/mol. The standard InChI is InChI=1S/C24H26F3N3O5/c1-14(2)10-22(34)35-16-5-3-4-15(11-16)12-20(31)30-9-8-28-23-17(18(30)13-21(32)33)6-7-19(29-23)24(25,26)27/h3-7,11,14,18H,8-10,12-13H2,1-2H3,(H,28,29)(H,32,33)/t18-/m1/s1. The van der Waals surface area contributed by atoms with Crippen LogP contribution >= 0.6 is 0 Å². The van der Waals surface area contributed by atoms with Crippen molar-refractivity contribution in [2.45, 2.75) is 45.3 Å². The van der Waals surface area contributed by atoms with Crippen molar-refractivity contribution in [3.63, 3.8) is 0 Å². The topological polar surface area (TPSA) is 109 Å². The van der Waals surface area contributed by atoms with E-state index in [1.165, 1.54) is 4.90 Å². The lowest BCUT2D eigenvalue weighted by Gasteiger charge is -2.29. The molecule has 0 aliphatic carbocycles. The van der Waals surface area contributed by atoms with Crippen LogP contribution in [-0.2, 0) is 27.0 Å². The number of hydrogen-bond acceptors (Lipinski definition) is 6. The fraction of sp³-hybridized carbons (Fsp3) is 0.417. The number of rotatable bonds is 7. The molecule has 1 amide bonds. The van der Waals surface area contributed by atoms with Crippen molar-refractivity contribution >= 4 is 23.7 Å². The number of hydrogen-bond donors (Lipinski definition) is 2. The van der Waals surface area contributed by atoms with Gasteiger partial charge in [0, 0.05) is 25.1 Å². The number of halogens is 3. The van der Waals surface area contributed by atoms with Crippen LogP contribution in [0.3, 0.4) is 0 Å². The van der Waals surface area contributed by atoms with E-state index in [9.17, 15) is 32.7 Å². The van der Waals surface area contributed by atoms with E-state index in [2.05, 4.69) is 10.3 Å². The molecule has 2 aromatic rings. The minimum atomic E-state index is -4.66. The summed E-state index contributed by atoms with van der Waals surface area (Å²) in [6.45, 7) is 3.93. The maximum Gasteiger partial charge on any atom is 0.433 e. The van der Waals surface area contributed by atoms with Crippen LogP contribution in [0.4, 0.5) is 19.0 Å². The van der Waals surface area contributed by atoms with Crippen molar-refractivity contribution < 1.29 is 37.4 Å². The maximum atomic E-state index is 13.2. The molecule has 0 bridgehead atoms. The number of anilines is 1. The van der Waals surface area contributed by atoms with Crippen LogP contribution in [0.5, 0.6) is 5.75 Å². The Balaban J connectivity index is 1.84. The Kier molecular flexibility index (Phi) is 7.98. The zero-order valence-electron chi connectivity index (χ0n) is 19.3. The molecule has 35 heavy (non-hydrogen) atoms. The molecule has 3 rings (SSSR count). The lowest BCUT2D eigenvalue weighted by atomic mass is 10.0. The summed E-state index contributed by atoms with van der Waals surface area (Å²) in [4.78, 5) is 41.7. The van der Waals surface area contributed by atoms with E-state index in [0.29, 0.717) is 5.56 Å². The average molecular weight is 493 g/mol. The Morgan fingerprint density at radius 2 is 1.97 bits per heavy atom. The summed E-state index contributed by atoms with van der Waals surface area (Å²) < 4.78 is 44.6. The number of carboxylic acids is 1. The van der Waals surface area contributed by atoms with Crippen molar-refractivity contribution in [2.24, 2.45) is 5.92 Å². The number of alkyl halides is 3. The van der Waals surface area contributed by atoms with Gasteiger partial charge in [-0.15, -0.1) is 0 Å². The molecule has 0 radical (unpaired) electrons. The van der Waals surface area contributed by atoms with Gasteiger partial charge in [0.1, 0.15) is 17.3 Å². The first kappa shape index (κ1) is 26.0. The van der Waals surface area contributed by atoms with Crippen LogP contribution in [0.2, 0.25) is 0 Å². The zero-order valence-corrected chi connectivity index (χ0v) is 19.3. The average Bonchev–Trinajstić information content (AvgIpc) is 2.91. The van der Waals surface area contributed by atoms with Crippen LogP contribution in [0.1, 0.15) is 49.6 Å². The minimum absolute atomic E-state index is 0.0670. The Morgan fingerprint density at radius 3 is 2.63 bits per heavy atom. The Bertz CT molecular complexity index is 1100. The molecule has 2 heterocycles. The molecule has 188 valence electrons. The number of esters is 1. The molecule has 1 aliphatic rings. The number of carbonyl (C=O) groups excluding carboxylic acids is 2. The molecule has 0 saturated heterocycles. The lowest BCUT2D eigenvalue weighted by Crippen LogP contribution is -2.38. The van der Waals surface area contributed by atoms with Gasteiger partial charge in [0.2, 0.25) is 5.91 Å². The van der Waals surface area contributed by atoms with Crippen molar-refractivity contribution in [3.05, 3.63) is 53.2 Å². The number of aromatic nitrogens is 1. The number of carboxylic acid groups (broad SMARTS) is 1. The second kappa shape index (κ2) is 10.7. The number of aliphatic carboxylic acids is 1. The van der Waals surface area contributed by atoms with Crippen molar-refractivity contribution in [2.75, 3.05) is 18.4 Å². The molecule has 1 aromatic carbocycles. The number of pyridine rings is 1. The molecule has 2 N–H and O–H groups in total. The highest BCUT2D eigenvalue weighted by molar-refractivity contribution is 5.81. The van der Waals surface area contributed by atoms with Crippen LogP contribution in [0, 0.1) is 5.92 Å². The van der Waals surface area contributed by atoms with Gasteiger partial charge in [0.05, 0.1) is 18.9 Å². The SMILES string of the molecule is CC(C)CC(=O)Oc1cccc(CC(=O)N2CCNc3nc(C(F)(F)F)ccc3[C@H]2CC(=O)O)c1. The highest BCUT2D eigenvalue weighted by Gasteiger charge is 2.36. The largest absolute Gasteiger partial charge is 0.481 e. The molecule has 8 nitrogen and oxygen atoms in total. The van der Waals surface area contributed by atoms with Gasteiger partial charge in [0.25, 0.3) is 0 Å². The van der Waals surface area contributed by atoms with Crippen molar-refractivity contribution in [3.8, 4) is 5.75 Å². The molecule has 1 aromatic heterocycles. The van der Waals surface area contributed by atoms with E-state index in [4.69, 9.17) is 4.74 Å². The predicted octanol–water partition coefficient (Wildman–Crippen LogP) is 4.06. The highest BCUT2D eigenvalue weighted by atomic mass is 19.4. The monoisotopic (exact) mass is 493 g/mol. The van der Waals surface area contributed by atoms with Gasteiger partial charge in [-0.25, -0.2) is 4.98 Å². The molecule has 0 spiro atoms. The molecular weight excluding hydrogens is 467 g/mol. The van der Waals surface area contributed by atoms with E-state index in [-0.39, 0.29) is 49.0 Å². The highest BCUT2D eigenvalue weighted by Crippen LogP contribution is 2.36. The second-order valence-electron chi connectivity index (χ2n) is 8.66. The van der Waals surface area contributed by atoms with Gasteiger partial charge in [0.15, 0.2) is 0 Å². The smallest absolute Gasteiger partial charge is 0.433 e. The summed E-state index contributed by atoms with van der Waals surface area (Å²) in [5.74, 6) is -1.71. The van der Waals surface area contributed by atoms with Gasteiger partial charge >= 0.3 is 18.1 Å². The molecule has 1 aliphatic heterocycles. The number of nitrogens with one attached hydrogen (secondary N) is 1. The van der Waals surface area contributed by atoms with E-state index in [0.717, 1.165) is 12.1 Å². The van der Waals surface area contributed by atoms with E-state index in [1.807, 2.05) is 13.8 Å². The Morgan fingerprint density at radius 1 is 1.23 bits per heavy atom. The number of amides is 1. The first-order valence-electron chi connectivity index (χ1n) is 11.1. The van der Waals surface area contributed by atoms with Crippen molar-refractivity contribution in [1.82, 2.24) is 9.88 Å². The van der Waals surface area contributed by atoms with Crippen LogP contribution in [0.15, 0.2) is 36.4 Å². The van der Waals surface area contributed by atoms with Crippen LogP contribution in [0.25, 0.3) is 0 Å². The summed E-state index contributed by atoms with van der Waals surface area (Å²) in [6.07, 6.45) is -5.04. The van der Waals surface area contributed by atoms with E-state index >= 15 is 0 Å². The number of ether oxygens (including phenoxy) is 1. The zero-order chi connectivity index (χ0) is 25.8. The summed E-state index contributed by atoms with van der Waals surface area (Å²) in [6, 6.07) is 7.39. The van der Waals surface area contributed by atoms with E-state index in [1.54, 1.807) is 24.3 Å². The van der Waals surface area contributed by atoms with Crippen LogP contribution in [-0.4, -0.2) is 45.9 Å². The van der Waals surface area contributed by atoms with E-state index < -0.39 is 42.2 Å². The summed E-state index contributed by atoms with van der Waals surface area (Å²) in [5.41, 5.74) is -0.369.